The van der Waals surface area contributed by atoms with Crippen LogP contribution in [0.15, 0.2) is 29.9 Å². The van der Waals surface area contributed by atoms with Crippen molar-refractivity contribution in [3.63, 3.8) is 0 Å². The maximum atomic E-state index is 4.22. The van der Waals surface area contributed by atoms with Crippen LogP contribution in [-0.2, 0) is 0 Å². The second-order valence-corrected chi connectivity index (χ2v) is 4.81. The van der Waals surface area contributed by atoms with Gasteiger partial charge in [-0.15, -0.1) is 0 Å². The highest BCUT2D eigenvalue weighted by Crippen LogP contribution is 2.14. The first kappa shape index (κ1) is 13.5. The third kappa shape index (κ3) is 3.73. The van der Waals surface area contributed by atoms with E-state index in [1.807, 2.05) is 18.7 Å². The van der Waals surface area contributed by atoms with Crippen LogP contribution in [0.4, 0.5) is 0 Å². The summed E-state index contributed by atoms with van der Waals surface area (Å²) in [5.41, 5.74) is 1.19. The lowest BCUT2D eigenvalue weighted by atomic mass is 10.1. The lowest BCUT2D eigenvalue weighted by Gasteiger charge is -2.26. The van der Waals surface area contributed by atoms with Gasteiger partial charge in [-0.25, -0.2) is 9.66 Å². The zero-order chi connectivity index (χ0) is 12.8. The maximum absolute atomic E-state index is 4.22. The average molecular weight is 234 g/mol. The van der Waals surface area contributed by atoms with Crippen molar-refractivity contribution in [2.45, 2.75) is 33.6 Å². The van der Waals surface area contributed by atoms with Gasteiger partial charge in [0.15, 0.2) is 0 Å². The Kier molecular flexibility index (Phi) is 4.94. The minimum atomic E-state index is 0.442. The van der Waals surface area contributed by atoms with Crippen molar-refractivity contribution in [1.29, 1.82) is 0 Å². The number of nitrogens with zero attached hydrogens (tertiary/aromatic N) is 4. The number of rotatable bonds is 6. The molecule has 94 valence electrons. The van der Waals surface area contributed by atoms with Gasteiger partial charge in [0.1, 0.15) is 6.33 Å². The van der Waals surface area contributed by atoms with E-state index >= 15 is 0 Å². The lowest BCUT2D eigenvalue weighted by molar-refractivity contribution is 0.543. The van der Waals surface area contributed by atoms with Crippen molar-refractivity contribution in [2.75, 3.05) is 11.6 Å². The fourth-order valence-electron chi connectivity index (χ4n) is 1.65. The third-order valence-corrected chi connectivity index (χ3v) is 2.41. The summed E-state index contributed by atoms with van der Waals surface area (Å²) in [6.07, 6.45) is 7.38. The standard InChI is InChI=1S/C13H22N4/c1-11(2)9-16(7-6-14-5)17-10-15-8-13(17)12(3)4/h6-8,10-12H,5,9H2,1-4H3/b7-6-. The summed E-state index contributed by atoms with van der Waals surface area (Å²) in [7, 11) is 0. The topological polar surface area (TPSA) is 33.4 Å². The van der Waals surface area contributed by atoms with Gasteiger partial charge in [0.2, 0.25) is 0 Å². The highest BCUT2D eigenvalue weighted by atomic mass is 15.5. The summed E-state index contributed by atoms with van der Waals surface area (Å²) in [5, 5.41) is 2.11. The van der Waals surface area contributed by atoms with Crippen molar-refractivity contribution in [1.82, 2.24) is 9.66 Å². The van der Waals surface area contributed by atoms with Crippen molar-refractivity contribution in [3.8, 4) is 0 Å². The molecule has 0 N–H and O–H groups in total. The predicted octanol–water partition coefficient (Wildman–Crippen LogP) is 2.77. The molecular formula is C13H22N4. The molecule has 1 heterocycles. The molecule has 0 amide bonds. The maximum Gasteiger partial charge on any atom is 0.115 e. The Hall–Kier alpha value is -1.58. The Morgan fingerprint density at radius 1 is 1.47 bits per heavy atom. The van der Waals surface area contributed by atoms with Crippen LogP contribution in [0.25, 0.3) is 0 Å². The Labute approximate surface area is 104 Å². The van der Waals surface area contributed by atoms with Gasteiger partial charge in [0.05, 0.1) is 11.9 Å². The summed E-state index contributed by atoms with van der Waals surface area (Å²) in [4.78, 5) is 7.98. The van der Waals surface area contributed by atoms with Crippen LogP contribution in [0.2, 0.25) is 0 Å². The van der Waals surface area contributed by atoms with Gasteiger partial charge >= 0.3 is 0 Å². The Morgan fingerprint density at radius 2 is 2.18 bits per heavy atom. The highest BCUT2D eigenvalue weighted by Gasteiger charge is 2.11. The van der Waals surface area contributed by atoms with Gasteiger partial charge < -0.3 is 0 Å². The van der Waals surface area contributed by atoms with Crippen LogP contribution in [-0.4, -0.2) is 22.9 Å². The summed E-state index contributed by atoms with van der Waals surface area (Å²) in [6, 6.07) is 0. The van der Waals surface area contributed by atoms with Crippen LogP contribution in [0, 0.1) is 5.92 Å². The minimum absolute atomic E-state index is 0.442. The molecule has 0 unspecified atom stereocenters. The fraction of sp³-hybridized carbons (Fsp3) is 0.538. The third-order valence-electron chi connectivity index (χ3n) is 2.41. The van der Waals surface area contributed by atoms with Gasteiger partial charge in [0, 0.05) is 18.9 Å². The molecule has 0 aliphatic carbocycles. The van der Waals surface area contributed by atoms with Crippen LogP contribution in [0.3, 0.4) is 0 Å². The average Bonchev–Trinajstić information content (AvgIpc) is 2.72. The zero-order valence-corrected chi connectivity index (χ0v) is 11.2. The normalized spacial score (nSPS) is 11.6. The molecule has 17 heavy (non-hydrogen) atoms. The zero-order valence-electron chi connectivity index (χ0n) is 11.2. The van der Waals surface area contributed by atoms with Crippen molar-refractivity contribution in [2.24, 2.45) is 10.9 Å². The van der Waals surface area contributed by atoms with Crippen molar-refractivity contribution >= 4 is 6.72 Å². The summed E-state index contributed by atoms with van der Waals surface area (Å²) < 4.78 is 2.08. The summed E-state index contributed by atoms with van der Waals surface area (Å²) in [6.45, 7) is 13.1. The van der Waals surface area contributed by atoms with E-state index in [9.17, 15) is 0 Å². The van der Waals surface area contributed by atoms with E-state index in [2.05, 4.69) is 54.1 Å². The molecule has 1 aromatic rings. The van der Waals surface area contributed by atoms with E-state index in [4.69, 9.17) is 0 Å². The van der Waals surface area contributed by atoms with Gasteiger partial charge in [-0.1, -0.05) is 27.7 Å². The van der Waals surface area contributed by atoms with E-state index < -0.39 is 0 Å². The first-order valence-electron chi connectivity index (χ1n) is 5.98. The van der Waals surface area contributed by atoms with E-state index in [-0.39, 0.29) is 0 Å². The minimum Gasteiger partial charge on any atom is -0.286 e. The number of hydrogen-bond acceptors (Lipinski definition) is 3. The number of imidazole rings is 1. The molecule has 0 saturated heterocycles. The molecule has 0 spiro atoms. The van der Waals surface area contributed by atoms with Crippen molar-refractivity contribution < 1.29 is 0 Å². The number of aromatic nitrogens is 2. The van der Waals surface area contributed by atoms with Gasteiger partial charge in [-0.05, 0) is 18.6 Å². The Morgan fingerprint density at radius 3 is 2.71 bits per heavy atom. The van der Waals surface area contributed by atoms with Gasteiger partial charge in [-0.2, -0.15) is 0 Å². The monoisotopic (exact) mass is 234 g/mol. The molecule has 4 heteroatoms. The van der Waals surface area contributed by atoms with E-state index in [0.717, 1.165) is 6.54 Å². The smallest absolute Gasteiger partial charge is 0.115 e. The molecule has 0 atom stereocenters. The lowest BCUT2D eigenvalue weighted by Crippen LogP contribution is -2.33. The second kappa shape index (κ2) is 6.23. The first-order valence-corrected chi connectivity index (χ1v) is 5.98. The molecular weight excluding hydrogens is 212 g/mol. The molecule has 0 aromatic carbocycles. The van der Waals surface area contributed by atoms with E-state index in [0.29, 0.717) is 11.8 Å². The number of aliphatic imine (C=N–C) groups is 1. The largest absolute Gasteiger partial charge is 0.286 e. The molecule has 1 rings (SSSR count). The molecule has 0 radical (unpaired) electrons. The first-order chi connectivity index (χ1) is 8.06. The highest BCUT2D eigenvalue weighted by molar-refractivity contribution is 5.26. The van der Waals surface area contributed by atoms with Gasteiger partial charge in [-0.3, -0.25) is 10.0 Å². The van der Waals surface area contributed by atoms with Crippen LogP contribution < -0.4 is 5.01 Å². The molecule has 0 bridgehead atoms. The SMILES string of the molecule is C=N/C=C\N(CC(C)C)n1cncc1C(C)C. The molecule has 1 aromatic heterocycles. The van der Waals surface area contributed by atoms with Crippen LogP contribution >= 0.6 is 0 Å². The molecule has 0 aliphatic heterocycles. The summed E-state index contributed by atoms with van der Waals surface area (Å²) in [5.74, 6) is 1.00. The molecule has 0 aliphatic rings. The summed E-state index contributed by atoms with van der Waals surface area (Å²) >= 11 is 0. The predicted molar refractivity (Wildman–Crippen MR) is 72.9 cm³/mol. The van der Waals surface area contributed by atoms with Crippen LogP contribution in [0.5, 0.6) is 0 Å². The molecule has 0 fully saturated rings. The Bertz CT molecular complexity index is 377. The van der Waals surface area contributed by atoms with Crippen molar-refractivity contribution in [3.05, 3.63) is 30.6 Å². The van der Waals surface area contributed by atoms with Gasteiger partial charge in [0.25, 0.3) is 0 Å². The van der Waals surface area contributed by atoms with Crippen LogP contribution in [0.1, 0.15) is 39.3 Å². The molecule has 4 nitrogen and oxygen atoms in total. The second-order valence-electron chi connectivity index (χ2n) is 4.81. The quantitative estimate of drug-likeness (QED) is 0.709. The Balaban J connectivity index is 2.98. The van der Waals surface area contributed by atoms with E-state index in [1.165, 1.54) is 5.69 Å². The fourth-order valence-corrected chi connectivity index (χ4v) is 1.65. The van der Waals surface area contributed by atoms with E-state index in [1.54, 1.807) is 6.20 Å². The molecule has 0 saturated carbocycles. The number of hydrogen-bond donors (Lipinski definition) is 0.